The highest BCUT2D eigenvalue weighted by Crippen LogP contribution is 2.27. The zero-order chi connectivity index (χ0) is 23.4. The summed E-state index contributed by atoms with van der Waals surface area (Å²) in [5.41, 5.74) is 0.996. The number of carbonyl (C=O) groups excluding carboxylic acids is 2. The zero-order valence-corrected chi connectivity index (χ0v) is 19.7. The second-order valence-corrected chi connectivity index (χ2v) is 11.0. The first-order valence-electron chi connectivity index (χ1n) is 10.9. The van der Waals surface area contributed by atoms with Crippen LogP contribution in [0.5, 0.6) is 0 Å². The maximum absolute atomic E-state index is 14.5. The molecular weight excluding hydrogens is 465 g/mol. The maximum atomic E-state index is 14.5. The molecule has 1 atom stereocenters. The van der Waals surface area contributed by atoms with E-state index in [1.165, 1.54) is 27.0 Å². The van der Waals surface area contributed by atoms with Crippen molar-refractivity contribution in [2.24, 2.45) is 0 Å². The summed E-state index contributed by atoms with van der Waals surface area (Å²) in [6.07, 6.45) is 2.39. The Morgan fingerprint density at radius 3 is 2.52 bits per heavy atom. The minimum Gasteiger partial charge on any atom is -0.350 e. The Kier molecular flexibility index (Phi) is 7.35. The van der Waals surface area contributed by atoms with Gasteiger partial charge in [-0.15, -0.1) is 11.8 Å². The van der Waals surface area contributed by atoms with Crippen LogP contribution in [0.4, 0.5) is 4.39 Å². The van der Waals surface area contributed by atoms with Crippen molar-refractivity contribution in [3.63, 3.8) is 0 Å². The number of sulfonamides is 1. The Hall–Kier alpha value is -2.43. The summed E-state index contributed by atoms with van der Waals surface area (Å²) in [6.45, 7) is 1.02. The van der Waals surface area contributed by atoms with Crippen molar-refractivity contribution in [2.75, 3.05) is 24.7 Å². The number of hydrogen-bond donors (Lipinski definition) is 1. The molecule has 2 fully saturated rings. The first-order chi connectivity index (χ1) is 15.9. The van der Waals surface area contributed by atoms with E-state index in [2.05, 4.69) is 5.32 Å². The first-order valence-corrected chi connectivity index (χ1v) is 13.5. The third-order valence-electron chi connectivity index (χ3n) is 5.87. The molecule has 10 heteroatoms. The molecule has 1 N–H and O–H groups in total. The lowest BCUT2D eigenvalue weighted by molar-refractivity contribution is -0.124. The Morgan fingerprint density at radius 1 is 1.06 bits per heavy atom. The molecule has 2 aliphatic heterocycles. The minimum absolute atomic E-state index is 0.0512. The van der Waals surface area contributed by atoms with Gasteiger partial charge in [-0.2, -0.15) is 4.31 Å². The van der Waals surface area contributed by atoms with Crippen molar-refractivity contribution < 1.29 is 22.4 Å². The van der Waals surface area contributed by atoms with Gasteiger partial charge in [0.25, 0.3) is 5.91 Å². The van der Waals surface area contributed by atoms with Crippen molar-refractivity contribution >= 4 is 33.6 Å². The number of rotatable bonds is 6. The molecule has 2 amide bonds. The lowest BCUT2D eigenvalue weighted by atomic mass is 10.1. The number of halogens is 1. The van der Waals surface area contributed by atoms with Gasteiger partial charge in [0.1, 0.15) is 16.8 Å². The second-order valence-electron chi connectivity index (χ2n) is 8.10. The molecule has 2 aliphatic rings. The minimum atomic E-state index is -4.04. The Bertz CT molecular complexity index is 1120. The molecule has 2 heterocycles. The topological polar surface area (TPSA) is 86.8 Å². The third-order valence-corrected chi connectivity index (χ3v) is 8.79. The smallest absolute Gasteiger partial charge is 0.255 e. The fourth-order valence-electron chi connectivity index (χ4n) is 4.01. The van der Waals surface area contributed by atoms with Crippen LogP contribution in [0.1, 0.15) is 35.2 Å². The van der Waals surface area contributed by atoms with Gasteiger partial charge >= 0.3 is 0 Å². The quantitative estimate of drug-likeness (QED) is 0.672. The summed E-state index contributed by atoms with van der Waals surface area (Å²) in [6, 6.07) is 12.2. The van der Waals surface area contributed by atoms with Gasteiger partial charge in [0.05, 0.1) is 5.88 Å². The van der Waals surface area contributed by atoms with Crippen LogP contribution >= 0.6 is 11.8 Å². The number of nitrogens with zero attached hydrogens (tertiary/aromatic N) is 2. The predicted molar refractivity (Wildman–Crippen MR) is 125 cm³/mol. The van der Waals surface area contributed by atoms with Crippen molar-refractivity contribution in [3.05, 3.63) is 65.5 Å². The molecule has 7 nitrogen and oxygen atoms in total. The third kappa shape index (κ3) is 5.23. The van der Waals surface area contributed by atoms with E-state index in [0.717, 1.165) is 37.0 Å². The van der Waals surface area contributed by atoms with E-state index < -0.39 is 32.7 Å². The molecule has 2 saturated heterocycles. The Morgan fingerprint density at radius 2 is 1.79 bits per heavy atom. The van der Waals surface area contributed by atoms with E-state index in [9.17, 15) is 22.4 Å². The molecule has 2 aromatic rings. The summed E-state index contributed by atoms with van der Waals surface area (Å²) in [5.74, 6) is -0.916. The lowest BCUT2D eigenvalue weighted by Crippen LogP contribution is -2.47. The number of amides is 2. The van der Waals surface area contributed by atoms with E-state index in [1.807, 2.05) is 30.3 Å². The van der Waals surface area contributed by atoms with E-state index >= 15 is 0 Å². The van der Waals surface area contributed by atoms with Gasteiger partial charge in [-0.25, -0.2) is 12.8 Å². The number of thioether (sulfide) groups is 1. The number of hydrogen-bond acceptors (Lipinski definition) is 5. The standard InChI is InChI=1S/C23H26FN3O4S2/c24-19-10-9-18(13-21(19)33(30,31)26-11-5-2-6-12-26)23(29)27-16-32-15-20(27)22(28)25-14-17-7-3-1-4-8-17/h1,3-4,7-10,13,20H,2,5-6,11-12,14-16H2,(H,25,28)/t20-/m0/s1. The lowest BCUT2D eigenvalue weighted by Gasteiger charge is -2.26. The van der Waals surface area contributed by atoms with Crippen molar-refractivity contribution in [1.29, 1.82) is 0 Å². The highest BCUT2D eigenvalue weighted by atomic mass is 32.2. The monoisotopic (exact) mass is 491 g/mol. The largest absolute Gasteiger partial charge is 0.350 e. The maximum Gasteiger partial charge on any atom is 0.255 e. The molecule has 0 bridgehead atoms. The van der Waals surface area contributed by atoms with Crippen LogP contribution in [0, 0.1) is 5.82 Å². The van der Waals surface area contributed by atoms with Crippen LogP contribution < -0.4 is 5.32 Å². The van der Waals surface area contributed by atoms with Gasteiger partial charge in [-0.1, -0.05) is 36.8 Å². The van der Waals surface area contributed by atoms with Crippen molar-refractivity contribution in [1.82, 2.24) is 14.5 Å². The van der Waals surface area contributed by atoms with Crippen molar-refractivity contribution in [2.45, 2.75) is 36.7 Å². The van der Waals surface area contributed by atoms with E-state index in [4.69, 9.17) is 0 Å². The molecule has 0 aromatic heterocycles. The molecular formula is C23H26FN3O4S2. The van der Waals surface area contributed by atoms with Gasteiger partial charge in [-0.3, -0.25) is 9.59 Å². The number of carbonyl (C=O) groups is 2. The van der Waals surface area contributed by atoms with E-state index in [0.29, 0.717) is 31.3 Å². The van der Waals surface area contributed by atoms with Crippen LogP contribution in [0.25, 0.3) is 0 Å². The average Bonchev–Trinajstić information content (AvgIpc) is 3.33. The molecule has 0 radical (unpaired) electrons. The summed E-state index contributed by atoms with van der Waals surface area (Å²) in [7, 11) is -4.04. The van der Waals surface area contributed by atoms with Crippen LogP contribution in [0.2, 0.25) is 0 Å². The summed E-state index contributed by atoms with van der Waals surface area (Å²) in [4.78, 5) is 26.9. The number of benzene rings is 2. The second kappa shape index (κ2) is 10.2. The Labute approximate surface area is 197 Å². The number of piperidine rings is 1. The molecule has 0 aliphatic carbocycles. The SMILES string of the molecule is O=C(NCc1ccccc1)[C@@H]1CSCN1C(=O)c1ccc(F)c(S(=O)(=O)N2CCCCC2)c1. The summed E-state index contributed by atoms with van der Waals surface area (Å²) in [5, 5.41) is 2.86. The average molecular weight is 492 g/mol. The molecule has 0 saturated carbocycles. The zero-order valence-electron chi connectivity index (χ0n) is 18.1. The molecule has 4 rings (SSSR count). The van der Waals surface area contributed by atoms with Gasteiger partial charge in [0.15, 0.2) is 0 Å². The normalized spacial score (nSPS) is 19.4. The Balaban J connectivity index is 1.51. The van der Waals surface area contributed by atoms with Gasteiger partial charge < -0.3 is 10.2 Å². The summed E-state index contributed by atoms with van der Waals surface area (Å²) < 4.78 is 41.8. The number of nitrogens with one attached hydrogen (secondary N) is 1. The van der Waals surface area contributed by atoms with Gasteiger partial charge in [0.2, 0.25) is 15.9 Å². The molecule has 176 valence electrons. The molecule has 0 spiro atoms. The fourth-order valence-corrected chi connectivity index (χ4v) is 6.77. The first kappa shape index (κ1) is 23.7. The van der Waals surface area contributed by atoms with Crippen LogP contribution in [-0.4, -0.2) is 60.2 Å². The van der Waals surface area contributed by atoms with E-state index in [1.54, 1.807) is 0 Å². The van der Waals surface area contributed by atoms with Gasteiger partial charge in [-0.05, 0) is 36.6 Å². The van der Waals surface area contributed by atoms with Crippen molar-refractivity contribution in [3.8, 4) is 0 Å². The fraction of sp³-hybridized carbons (Fsp3) is 0.391. The van der Waals surface area contributed by atoms with Crippen LogP contribution in [-0.2, 0) is 21.4 Å². The van der Waals surface area contributed by atoms with E-state index in [-0.39, 0.29) is 11.5 Å². The molecule has 0 unspecified atom stereocenters. The van der Waals surface area contributed by atoms with Gasteiger partial charge in [0, 0.05) is 31.0 Å². The highest BCUT2D eigenvalue weighted by molar-refractivity contribution is 7.99. The molecule has 2 aromatic carbocycles. The molecule has 33 heavy (non-hydrogen) atoms. The summed E-state index contributed by atoms with van der Waals surface area (Å²) >= 11 is 1.44. The van der Waals surface area contributed by atoms with Crippen LogP contribution in [0.3, 0.4) is 0 Å². The van der Waals surface area contributed by atoms with Crippen LogP contribution in [0.15, 0.2) is 53.4 Å². The predicted octanol–water partition coefficient (Wildman–Crippen LogP) is 2.83. The highest BCUT2D eigenvalue weighted by Gasteiger charge is 2.36.